The highest BCUT2D eigenvalue weighted by molar-refractivity contribution is 6.31. The van der Waals surface area contributed by atoms with Crippen LogP contribution in [0.4, 0.5) is 0 Å². The molecule has 0 saturated carbocycles. The zero-order valence-corrected chi connectivity index (χ0v) is 10.0. The van der Waals surface area contributed by atoms with Gasteiger partial charge in [0.15, 0.2) is 0 Å². The third kappa shape index (κ3) is 2.04. The van der Waals surface area contributed by atoms with E-state index in [0.29, 0.717) is 6.54 Å². The van der Waals surface area contributed by atoms with Crippen molar-refractivity contribution >= 4 is 11.6 Å². The van der Waals surface area contributed by atoms with Crippen LogP contribution in [0.15, 0.2) is 29.2 Å². The molecule has 0 amide bonds. The van der Waals surface area contributed by atoms with Crippen molar-refractivity contribution in [3.8, 4) is 0 Å². The lowest BCUT2D eigenvalue weighted by molar-refractivity contribution is 0.663. The number of nitrogens with one attached hydrogen (secondary N) is 1. The maximum atomic E-state index is 11.6. The first-order chi connectivity index (χ1) is 7.58. The first-order valence-electron chi connectivity index (χ1n) is 5.08. The molecule has 0 fully saturated rings. The van der Waals surface area contributed by atoms with E-state index in [-0.39, 0.29) is 5.56 Å². The Hall–Kier alpha value is -1.48. The summed E-state index contributed by atoms with van der Waals surface area (Å²) in [5.41, 5.74) is 2.79. The van der Waals surface area contributed by atoms with E-state index in [1.807, 2.05) is 25.1 Å². The fraction of sp³-hybridized carbons (Fsp3) is 0.250. The molecule has 0 spiro atoms. The summed E-state index contributed by atoms with van der Waals surface area (Å²) < 4.78 is 1.57. The molecule has 0 unspecified atom stereocenters. The maximum absolute atomic E-state index is 11.6. The molecule has 0 bridgehead atoms. The summed E-state index contributed by atoms with van der Waals surface area (Å²) >= 11 is 6.03. The SMILES string of the molecule is Cc1ccc(Cn2[nH]cc(C)c2=O)cc1Cl. The molecule has 0 radical (unpaired) electrons. The number of halogens is 1. The Morgan fingerprint density at radius 2 is 2.06 bits per heavy atom. The van der Waals surface area contributed by atoms with Crippen molar-refractivity contribution in [3.05, 3.63) is 56.5 Å². The van der Waals surface area contributed by atoms with Gasteiger partial charge in [-0.05, 0) is 31.0 Å². The fourth-order valence-corrected chi connectivity index (χ4v) is 1.75. The monoisotopic (exact) mass is 236 g/mol. The predicted molar refractivity (Wildman–Crippen MR) is 65.1 cm³/mol. The van der Waals surface area contributed by atoms with Gasteiger partial charge in [0.05, 0.1) is 6.54 Å². The Morgan fingerprint density at radius 1 is 1.31 bits per heavy atom. The number of benzene rings is 1. The van der Waals surface area contributed by atoms with Gasteiger partial charge in [-0.3, -0.25) is 4.79 Å². The Morgan fingerprint density at radius 3 is 2.62 bits per heavy atom. The highest BCUT2D eigenvalue weighted by Gasteiger charge is 2.03. The second-order valence-electron chi connectivity index (χ2n) is 3.93. The average Bonchev–Trinajstić information content (AvgIpc) is 2.55. The summed E-state index contributed by atoms with van der Waals surface area (Å²) in [6.07, 6.45) is 1.71. The van der Waals surface area contributed by atoms with E-state index in [0.717, 1.165) is 21.7 Å². The minimum Gasteiger partial charge on any atom is -0.302 e. The van der Waals surface area contributed by atoms with Gasteiger partial charge in [0.2, 0.25) is 0 Å². The summed E-state index contributed by atoms with van der Waals surface area (Å²) in [6.45, 7) is 4.27. The van der Waals surface area contributed by atoms with E-state index in [1.165, 1.54) is 0 Å². The molecule has 0 atom stereocenters. The van der Waals surface area contributed by atoms with Crippen LogP contribution in [0.25, 0.3) is 0 Å². The Labute approximate surface area is 98.7 Å². The number of hydrogen-bond donors (Lipinski definition) is 1. The van der Waals surface area contributed by atoms with Crippen LogP contribution in [0.2, 0.25) is 5.02 Å². The molecule has 2 aromatic rings. The van der Waals surface area contributed by atoms with Gasteiger partial charge in [-0.15, -0.1) is 0 Å². The molecule has 1 N–H and O–H groups in total. The normalized spacial score (nSPS) is 10.7. The number of hydrogen-bond acceptors (Lipinski definition) is 1. The quantitative estimate of drug-likeness (QED) is 0.855. The van der Waals surface area contributed by atoms with Crippen LogP contribution >= 0.6 is 11.6 Å². The number of aromatic amines is 1. The predicted octanol–water partition coefficient (Wildman–Crippen LogP) is 2.49. The lowest BCUT2D eigenvalue weighted by Crippen LogP contribution is -2.18. The van der Waals surface area contributed by atoms with Gasteiger partial charge in [0.25, 0.3) is 5.56 Å². The Balaban J connectivity index is 2.31. The van der Waals surface area contributed by atoms with E-state index >= 15 is 0 Å². The van der Waals surface area contributed by atoms with E-state index in [2.05, 4.69) is 5.10 Å². The van der Waals surface area contributed by atoms with Gasteiger partial charge >= 0.3 is 0 Å². The Bertz CT molecular complexity index is 569. The number of H-pyrrole nitrogens is 1. The molecule has 3 nitrogen and oxygen atoms in total. The topological polar surface area (TPSA) is 37.8 Å². The summed E-state index contributed by atoms with van der Waals surface area (Å²) in [4.78, 5) is 11.6. The van der Waals surface area contributed by atoms with E-state index in [1.54, 1.807) is 17.8 Å². The van der Waals surface area contributed by atoms with Crippen LogP contribution in [-0.4, -0.2) is 9.78 Å². The van der Waals surface area contributed by atoms with E-state index in [4.69, 9.17) is 11.6 Å². The molecular formula is C12H13ClN2O. The smallest absolute Gasteiger partial charge is 0.269 e. The second-order valence-corrected chi connectivity index (χ2v) is 4.34. The molecule has 0 aliphatic heterocycles. The van der Waals surface area contributed by atoms with Gasteiger partial charge < -0.3 is 5.10 Å². The minimum atomic E-state index is 0.0108. The van der Waals surface area contributed by atoms with Gasteiger partial charge in [-0.2, -0.15) is 0 Å². The standard InChI is InChI=1S/C12H13ClN2O/c1-8-3-4-10(5-11(8)13)7-15-12(16)9(2)6-14-15/h3-6,14H,7H2,1-2H3. The Kier molecular flexibility index (Phi) is 2.88. The zero-order chi connectivity index (χ0) is 11.7. The van der Waals surface area contributed by atoms with Gasteiger partial charge in [0.1, 0.15) is 0 Å². The lowest BCUT2D eigenvalue weighted by Gasteiger charge is -2.04. The molecule has 1 aromatic heterocycles. The van der Waals surface area contributed by atoms with Crippen LogP contribution in [0, 0.1) is 13.8 Å². The summed E-state index contributed by atoms with van der Waals surface area (Å²) in [6, 6.07) is 5.82. The van der Waals surface area contributed by atoms with Crippen molar-refractivity contribution in [2.75, 3.05) is 0 Å². The largest absolute Gasteiger partial charge is 0.302 e. The van der Waals surface area contributed by atoms with Crippen molar-refractivity contribution in [2.45, 2.75) is 20.4 Å². The average molecular weight is 237 g/mol. The van der Waals surface area contributed by atoms with Crippen LogP contribution in [0.5, 0.6) is 0 Å². The number of aromatic nitrogens is 2. The summed E-state index contributed by atoms with van der Waals surface area (Å²) in [5, 5.41) is 3.65. The molecule has 16 heavy (non-hydrogen) atoms. The second kappa shape index (κ2) is 4.18. The van der Waals surface area contributed by atoms with Crippen LogP contribution in [0.3, 0.4) is 0 Å². The van der Waals surface area contributed by atoms with Gasteiger partial charge in [0, 0.05) is 16.8 Å². The molecule has 0 saturated heterocycles. The summed E-state index contributed by atoms with van der Waals surface area (Å²) in [5.74, 6) is 0. The van der Waals surface area contributed by atoms with Crippen LogP contribution in [-0.2, 0) is 6.54 Å². The van der Waals surface area contributed by atoms with Gasteiger partial charge in [-0.25, -0.2) is 4.68 Å². The molecule has 2 rings (SSSR count). The number of nitrogens with zero attached hydrogens (tertiary/aromatic N) is 1. The van der Waals surface area contributed by atoms with Crippen molar-refractivity contribution in [1.29, 1.82) is 0 Å². The minimum absolute atomic E-state index is 0.0108. The third-order valence-electron chi connectivity index (χ3n) is 2.60. The molecule has 84 valence electrons. The molecule has 1 aromatic carbocycles. The zero-order valence-electron chi connectivity index (χ0n) is 9.25. The van der Waals surface area contributed by atoms with Crippen molar-refractivity contribution in [2.24, 2.45) is 0 Å². The highest BCUT2D eigenvalue weighted by atomic mass is 35.5. The van der Waals surface area contributed by atoms with Crippen LogP contribution < -0.4 is 5.56 Å². The van der Waals surface area contributed by atoms with Gasteiger partial charge in [-0.1, -0.05) is 23.7 Å². The maximum Gasteiger partial charge on any atom is 0.269 e. The van der Waals surface area contributed by atoms with Crippen molar-refractivity contribution in [1.82, 2.24) is 9.78 Å². The molecule has 0 aliphatic carbocycles. The molecule has 1 heterocycles. The third-order valence-corrected chi connectivity index (χ3v) is 3.00. The van der Waals surface area contributed by atoms with E-state index in [9.17, 15) is 4.79 Å². The summed E-state index contributed by atoms with van der Waals surface area (Å²) in [7, 11) is 0. The van der Waals surface area contributed by atoms with Crippen molar-refractivity contribution in [3.63, 3.8) is 0 Å². The van der Waals surface area contributed by atoms with Crippen LogP contribution in [0.1, 0.15) is 16.7 Å². The highest BCUT2D eigenvalue weighted by Crippen LogP contribution is 2.16. The van der Waals surface area contributed by atoms with E-state index < -0.39 is 0 Å². The number of aryl methyl sites for hydroxylation is 2. The first-order valence-corrected chi connectivity index (χ1v) is 5.45. The van der Waals surface area contributed by atoms with Crippen molar-refractivity contribution < 1.29 is 0 Å². The fourth-order valence-electron chi connectivity index (χ4n) is 1.54. The lowest BCUT2D eigenvalue weighted by atomic mass is 10.1. The molecule has 0 aliphatic rings. The molecule has 4 heteroatoms. The first kappa shape index (κ1) is 11.0. The molecular weight excluding hydrogens is 224 g/mol. The number of rotatable bonds is 2.